The van der Waals surface area contributed by atoms with Gasteiger partial charge >= 0.3 is 0 Å². The van der Waals surface area contributed by atoms with Crippen molar-refractivity contribution in [3.05, 3.63) is 22.4 Å². The van der Waals surface area contributed by atoms with Gasteiger partial charge in [0.25, 0.3) is 0 Å². The van der Waals surface area contributed by atoms with E-state index in [-0.39, 0.29) is 6.10 Å². The lowest BCUT2D eigenvalue weighted by Crippen LogP contribution is -2.34. The minimum absolute atomic E-state index is 0.207. The number of hydrogen-bond donors (Lipinski definition) is 2. The predicted octanol–water partition coefficient (Wildman–Crippen LogP) is 0.887. The first kappa shape index (κ1) is 10.5. The highest BCUT2D eigenvalue weighted by atomic mass is 79.9. The zero-order valence-electron chi connectivity index (χ0n) is 8.86. The zero-order valence-corrected chi connectivity index (χ0v) is 10.4. The number of fused-ring (bicyclic) bond motifs is 3. The van der Waals surface area contributed by atoms with Crippen molar-refractivity contribution in [3.8, 4) is 0 Å². The third-order valence-electron chi connectivity index (χ3n) is 3.29. The normalized spacial score (nSPS) is 28.5. The number of pyridine rings is 1. The summed E-state index contributed by atoms with van der Waals surface area (Å²) in [7, 11) is 0. The first-order valence-electron chi connectivity index (χ1n) is 5.55. The minimum Gasteiger partial charge on any atom is -0.391 e. The van der Waals surface area contributed by atoms with Crippen LogP contribution in [0, 0.1) is 0 Å². The van der Waals surface area contributed by atoms with Crippen molar-refractivity contribution >= 4 is 21.6 Å². The number of anilines is 1. The van der Waals surface area contributed by atoms with Crippen molar-refractivity contribution in [2.75, 3.05) is 18.0 Å². The van der Waals surface area contributed by atoms with Crippen molar-refractivity contribution in [2.24, 2.45) is 0 Å². The summed E-state index contributed by atoms with van der Waals surface area (Å²) in [4.78, 5) is 6.77. The molecule has 16 heavy (non-hydrogen) atoms. The lowest BCUT2D eigenvalue weighted by molar-refractivity contribution is 0.194. The summed E-state index contributed by atoms with van der Waals surface area (Å²) in [5.41, 5.74) is 2.22. The quantitative estimate of drug-likeness (QED) is 0.695. The molecule has 1 aromatic rings. The fourth-order valence-electron chi connectivity index (χ4n) is 2.60. The van der Waals surface area contributed by atoms with Crippen molar-refractivity contribution < 1.29 is 5.11 Å². The van der Waals surface area contributed by atoms with Crippen LogP contribution in [0.5, 0.6) is 0 Å². The van der Waals surface area contributed by atoms with Gasteiger partial charge in [-0.2, -0.15) is 0 Å². The van der Waals surface area contributed by atoms with Crippen LogP contribution in [0.15, 0.2) is 16.7 Å². The molecule has 2 aliphatic heterocycles. The molecule has 2 aliphatic rings. The Morgan fingerprint density at radius 3 is 3.25 bits per heavy atom. The smallest absolute Gasteiger partial charge is 0.106 e. The van der Waals surface area contributed by atoms with Crippen LogP contribution in [0.2, 0.25) is 0 Å². The van der Waals surface area contributed by atoms with Crippen molar-refractivity contribution in [1.82, 2.24) is 10.3 Å². The first-order valence-corrected chi connectivity index (χ1v) is 6.34. The van der Waals surface area contributed by atoms with E-state index in [4.69, 9.17) is 0 Å². The number of rotatable bonds is 0. The molecule has 0 bridgehead atoms. The Labute approximate surface area is 103 Å². The van der Waals surface area contributed by atoms with E-state index in [9.17, 15) is 5.11 Å². The molecule has 1 aromatic heterocycles. The summed E-state index contributed by atoms with van der Waals surface area (Å²) >= 11 is 3.39. The Morgan fingerprint density at radius 2 is 2.38 bits per heavy atom. The molecule has 0 spiro atoms. The zero-order chi connectivity index (χ0) is 11.1. The van der Waals surface area contributed by atoms with Gasteiger partial charge in [-0.3, -0.25) is 0 Å². The van der Waals surface area contributed by atoms with Gasteiger partial charge in [-0.15, -0.1) is 0 Å². The number of halogens is 1. The maximum absolute atomic E-state index is 9.73. The number of nitrogens with zero attached hydrogens (tertiary/aromatic N) is 2. The van der Waals surface area contributed by atoms with Gasteiger partial charge in [-0.05, 0) is 34.5 Å². The van der Waals surface area contributed by atoms with Gasteiger partial charge in [0.2, 0.25) is 0 Å². The second-order valence-corrected chi connectivity index (χ2v) is 5.24. The molecule has 3 rings (SSSR count). The van der Waals surface area contributed by atoms with Crippen LogP contribution in [0.4, 0.5) is 5.69 Å². The van der Waals surface area contributed by atoms with Gasteiger partial charge in [-0.1, -0.05) is 0 Å². The molecule has 2 atom stereocenters. The molecule has 2 N–H and O–H groups in total. The topological polar surface area (TPSA) is 48.4 Å². The van der Waals surface area contributed by atoms with Gasteiger partial charge < -0.3 is 15.3 Å². The average Bonchev–Trinajstić information content (AvgIpc) is 2.52. The Kier molecular flexibility index (Phi) is 2.61. The van der Waals surface area contributed by atoms with Crippen LogP contribution in [0.25, 0.3) is 0 Å². The number of aromatic nitrogens is 1. The highest BCUT2D eigenvalue weighted by Gasteiger charge is 2.33. The highest BCUT2D eigenvalue weighted by molar-refractivity contribution is 9.10. The van der Waals surface area contributed by atoms with Crippen LogP contribution >= 0.6 is 15.9 Å². The highest BCUT2D eigenvalue weighted by Crippen LogP contribution is 2.30. The fraction of sp³-hybridized carbons (Fsp3) is 0.545. The molecule has 0 aliphatic carbocycles. The van der Waals surface area contributed by atoms with E-state index in [0.29, 0.717) is 6.04 Å². The van der Waals surface area contributed by atoms with Crippen molar-refractivity contribution in [1.29, 1.82) is 0 Å². The lowest BCUT2D eigenvalue weighted by atomic mass is 10.2. The van der Waals surface area contributed by atoms with Crippen LogP contribution < -0.4 is 10.2 Å². The second kappa shape index (κ2) is 3.98. The molecule has 86 valence electrons. The monoisotopic (exact) mass is 283 g/mol. The van der Waals surface area contributed by atoms with E-state index in [1.54, 1.807) is 0 Å². The number of nitrogens with one attached hydrogen (secondary N) is 1. The maximum Gasteiger partial charge on any atom is 0.106 e. The SMILES string of the molecule is O[C@@H]1CC2CNCc3nc(Br)ccc3N2C1. The predicted molar refractivity (Wildman–Crippen MR) is 65.4 cm³/mol. The molecular weight excluding hydrogens is 270 g/mol. The summed E-state index contributed by atoms with van der Waals surface area (Å²) < 4.78 is 0.867. The molecule has 0 amide bonds. The van der Waals surface area contributed by atoms with Gasteiger partial charge in [0.05, 0.1) is 17.5 Å². The van der Waals surface area contributed by atoms with Gasteiger partial charge in [0, 0.05) is 25.7 Å². The summed E-state index contributed by atoms with van der Waals surface area (Å²) in [6.45, 7) is 2.45. The third-order valence-corrected chi connectivity index (χ3v) is 3.73. The Bertz CT molecular complexity index is 412. The maximum atomic E-state index is 9.73. The first-order chi connectivity index (χ1) is 7.74. The van der Waals surface area contributed by atoms with Gasteiger partial charge in [0.1, 0.15) is 4.60 Å². The largest absolute Gasteiger partial charge is 0.391 e. The Balaban J connectivity index is 2.02. The Hall–Kier alpha value is -0.650. The second-order valence-electron chi connectivity index (χ2n) is 4.43. The molecule has 0 saturated carbocycles. The van der Waals surface area contributed by atoms with Crippen LogP contribution in [-0.4, -0.2) is 35.3 Å². The molecule has 1 unspecified atom stereocenters. The van der Waals surface area contributed by atoms with Crippen LogP contribution in [0.1, 0.15) is 12.1 Å². The van der Waals surface area contributed by atoms with E-state index in [0.717, 1.165) is 42.0 Å². The molecule has 3 heterocycles. The minimum atomic E-state index is -0.207. The van der Waals surface area contributed by atoms with Gasteiger partial charge in [-0.25, -0.2) is 4.98 Å². The summed E-state index contributed by atoms with van der Waals surface area (Å²) in [6, 6.07) is 4.45. The molecule has 0 radical (unpaired) electrons. The standard InChI is InChI=1S/C11H14BrN3O/c12-11-2-1-10-9(14-11)5-13-4-7-3-8(16)6-15(7)10/h1-2,7-8,13,16H,3-6H2/t7?,8-/m1/s1. The van der Waals surface area contributed by atoms with Crippen LogP contribution in [0.3, 0.4) is 0 Å². The van der Waals surface area contributed by atoms with E-state index in [2.05, 4.69) is 37.2 Å². The molecular formula is C11H14BrN3O. The summed E-state index contributed by atoms with van der Waals surface area (Å²) in [5, 5.41) is 13.1. The molecule has 1 saturated heterocycles. The van der Waals surface area contributed by atoms with Crippen molar-refractivity contribution in [3.63, 3.8) is 0 Å². The summed E-state index contributed by atoms with van der Waals surface area (Å²) in [5.74, 6) is 0. The van der Waals surface area contributed by atoms with E-state index in [1.807, 2.05) is 6.07 Å². The molecule has 4 nitrogen and oxygen atoms in total. The van der Waals surface area contributed by atoms with Gasteiger partial charge in [0.15, 0.2) is 0 Å². The number of aliphatic hydroxyl groups is 1. The summed E-state index contributed by atoms with van der Waals surface area (Å²) in [6.07, 6.45) is 0.643. The molecule has 5 heteroatoms. The third kappa shape index (κ3) is 1.73. The Morgan fingerprint density at radius 1 is 1.50 bits per heavy atom. The number of aliphatic hydroxyl groups excluding tert-OH is 1. The van der Waals surface area contributed by atoms with Crippen molar-refractivity contribution in [2.45, 2.75) is 25.1 Å². The van der Waals surface area contributed by atoms with E-state index < -0.39 is 0 Å². The number of hydrogen-bond acceptors (Lipinski definition) is 4. The molecule has 1 fully saturated rings. The fourth-order valence-corrected chi connectivity index (χ4v) is 2.94. The van der Waals surface area contributed by atoms with Crippen LogP contribution in [-0.2, 0) is 6.54 Å². The molecule has 0 aromatic carbocycles. The average molecular weight is 284 g/mol. The van der Waals surface area contributed by atoms with E-state index in [1.165, 1.54) is 0 Å². The lowest BCUT2D eigenvalue weighted by Gasteiger charge is -2.24. The van der Waals surface area contributed by atoms with E-state index >= 15 is 0 Å².